The molecule has 0 amide bonds. The first-order chi connectivity index (χ1) is 17.6. The SMILES string of the molecule is CCCCc1cc(F)c(COc2cc(F)c(-c3cc(F)c(C(F)(F)OC(F)(F)F)c(F)c3)c(F)c2)c(F)c1. The predicted molar refractivity (Wildman–Crippen MR) is 112 cm³/mol. The van der Waals surface area contributed by atoms with Crippen LogP contribution in [0.4, 0.5) is 48.3 Å². The van der Waals surface area contributed by atoms with Gasteiger partial charge in [-0.05, 0) is 48.2 Å². The van der Waals surface area contributed by atoms with E-state index in [9.17, 15) is 48.3 Å². The predicted octanol–water partition coefficient (Wildman–Crippen LogP) is 8.70. The lowest BCUT2D eigenvalue weighted by Gasteiger charge is -2.20. The summed E-state index contributed by atoms with van der Waals surface area (Å²) < 4.78 is 158. The van der Waals surface area contributed by atoms with Gasteiger partial charge < -0.3 is 4.74 Å². The molecule has 13 heteroatoms. The van der Waals surface area contributed by atoms with Crippen LogP contribution in [-0.4, -0.2) is 6.36 Å². The van der Waals surface area contributed by atoms with E-state index in [1.165, 1.54) is 0 Å². The maximum atomic E-state index is 14.6. The first-order valence-electron chi connectivity index (χ1n) is 10.9. The number of alkyl halides is 5. The molecule has 0 aliphatic rings. The van der Waals surface area contributed by atoms with Gasteiger partial charge in [-0.1, -0.05) is 13.3 Å². The number of hydrogen-bond donors (Lipinski definition) is 0. The van der Waals surface area contributed by atoms with Gasteiger partial charge in [-0.2, -0.15) is 8.78 Å². The number of ether oxygens (including phenoxy) is 2. The van der Waals surface area contributed by atoms with E-state index in [1.807, 2.05) is 6.92 Å². The van der Waals surface area contributed by atoms with E-state index in [-0.39, 0.29) is 12.1 Å². The molecule has 0 aliphatic heterocycles. The van der Waals surface area contributed by atoms with Crippen LogP contribution in [0.3, 0.4) is 0 Å². The molecule has 0 fully saturated rings. The van der Waals surface area contributed by atoms with E-state index in [1.54, 1.807) is 0 Å². The second kappa shape index (κ2) is 11.2. The van der Waals surface area contributed by atoms with Crippen molar-refractivity contribution in [3.05, 3.63) is 88.0 Å². The molecule has 0 saturated carbocycles. The van der Waals surface area contributed by atoms with Crippen LogP contribution in [-0.2, 0) is 23.9 Å². The van der Waals surface area contributed by atoms with Crippen molar-refractivity contribution in [2.75, 3.05) is 0 Å². The maximum absolute atomic E-state index is 14.6. The summed E-state index contributed by atoms with van der Waals surface area (Å²) in [5.74, 6) is -10.1. The van der Waals surface area contributed by atoms with Crippen LogP contribution in [0, 0.1) is 34.9 Å². The van der Waals surface area contributed by atoms with Crippen molar-refractivity contribution < 1.29 is 57.8 Å². The second-order valence-corrected chi connectivity index (χ2v) is 8.07. The van der Waals surface area contributed by atoms with Crippen LogP contribution in [0.25, 0.3) is 11.1 Å². The highest BCUT2D eigenvalue weighted by atomic mass is 19.4. The average molecular weight is 558 g/mol. The Morgan fingerprint density at radius 3 is 1.68 bits per heavy atom. The highest BCUT2D eigenvalue weighted by Crippen LogP contribution is 2.41. The molecular weight excluding hydrogens is 541 g/mol. The Morgan fingerprint density at radius 2 is 1.21 bits per heavy atom. The molecule has 0 N–H and O–H groups in total. The van der Waals surface area contributed by atoms with Crippen molar-refractivity contribution in [1.29, 1.82) is 0 Å². The van der Waals surface area contributed by atoms with Crippen molar-refractivity contribution in [1.82, 2.24) is 0 Å². The summed E-state index contributed by atoms with van der Waals surface area (Å²) in [6, 6.07) is 3.15. The minimum atomic E-state index is -5.96. The van der Waals surface area contributed by atoms with Crippen LogP contribution in [0.1, 0.15) is 36.5 Å². The van der Waals surface area contributed by atoms with Crippen LogP contribution in [0.2, 0.25) is 0 Å². The lowest BCUT2D eigenvalue weighted by Crippen LogP contribution is -2.29. The van der Waals surface area contributed by atoms with E-state index in [0.29, 0.717) is 30.5 Å². The van der Waals surface area contributed by atoms with Crippen LogP contribution < -0.4 is 4.74 Å². The minimum Gasteiger partial charge on any atom is -0.488 e. The fourth-order valence-electron chi connectivity index (χ4n) is 3.58. The summed E-state index contributed by atoms with van der Waals surface area (Å²) in [5, 5.41) is 0. The van der Waals surface area contributed by atoms with E-state index >= 15 is 0 Å². The van der Waals surface area contributed by atoms with Crippen molar-refractivity contribution in [2.45, 2.75) is 45.3 Å². The lowest BCUT2D eigenvalue weighted by molar-refractivity contribution is -0.432. The molecule has 0 heterocycles. The summed E-state index contributed by atoms with van der Waals surface area (Å²) in [7, 11) is 0. The molecule has 0 atom stereocenters. The topological polar surface area (TPSA) is 18.5 Å². The largest absolute Gasteiger partial charge is 0.527 e. The Hall–Kier alpha value is -3.35. The van der Waals surface area contributed by atoms with Crippen molar-refractivity contribution >= 4 is 0 Å². The molecule has 0 radical (unpaired) electrons. The molecule has 0 spiro atoms. The number of rotatable bonds is 9. The molecule has 3 aromatic carbocycles. The summed E-state index contributed by atoms with van der Waals surface area (Å²) in [6.07, 6.45) is -9.53. The number of benzene rings is 3. The minimum absolute atomic E-state index is 0.0150. The number of halogens is 11. The molecule has 0 bridgehead atoms. The summed E-state index contributed by atoms with van der Waals surface area (Å²) in [4.78, 5) is 0. The molecular formula is C25H17F11O2. The van der Waals surface area contributed by atoms with E-state index in [0.717, 1.165) is 18.6 Å². The van der Waals surface area contributed by atoms with Crippen molar-refractivity contribution in [2.24, 2.45) is 0 Å². The van der Waals surface area contributed by atoms with Gasteiger partial charge in [0.05, 0.1) is 11.1 Å². The number of unbranched alkanes of at least 4 members (excludes halogenated alkanes) is 1. The molecule has 0 unspecified atom stereocenters. The Bertz CT molecular complexity index is 1250. The van der Waals surface area contributed by atoms with Gasteiger partial charge in [-0.15, -0.1) is 13.2 Å². The third kappa shape index (κ3) is 6.74. The molecule has 2 nitrogen and oxygen atoms in total. The third-order valence-corrected chi connectivity index (χ3v) is 5.28. The van der Waals surface area contributed by atoms with Gasteiger partial charge in [-0.3, -0.25) is 0 Å². The van der Waals surface area contributed by atoms with Gasteiger partial charge in [0.1, 0.15) is 52.8 Å². The normalized spacial score (nSPS) is 12.2. The van der Waals surface area contributed by atoms with E-state index in [2.05, 4.69) is 4.74 Å². The number of hydrogen-bond acceptors (Lipinski definition) is 2. The standard InChI is InChI=1S/C25H17F11O2/c1-2-3-4-12-5-16(26)15(17(27)6-12)11-37-14-9-18(28)22(19(29)10-14)13-7-20(30)23(21(31)8-13)24(32,33)38-25(34,35)36/h5-10H,2-4,11H2,1H3. The first kappa shape index (κ1) is 29.2. The molecule has 38 heavy (non-hydrogen) atoms. The summed E-state index contributed by atoms with van der Waals surface area (Å²) >= 11 is 0. The summed E-state index contributed by atoms with van der Waals surface area (Å²) in [6.45, 7) is 1.11. The zero-order valence-electron chi connectivity index (χ0n) is 19.3. The maximum Gasteiger partial charge on any atom is 0.527 e. The van der Waals surface area contributed by atoms with Gasteiger partial charge in [0.2, 0.25) is 0 Å². The van der Waals surface area contributed by atoms with Gasteiger partial charge >= 0.3 is 12.5 Å². The third-order valence-electron chi connectivity index (χ3n) is 5.28. The average Bonchev–Trinajstić information content (AvgIpc) is 2.74. The first-order valence-corrected chi connectivity index (χ1v) is 10.9. The van der Waals surface area contributed by atoms with E-state index in [4.69, 9.17) is 4.74 Å². The Kier molecular flexibility index (Phi) is 8.59. The zero-order chi connectivity index (χ0) is 28.4. The van der Waals surface area contributed by atoms with E-state index < -0.39 is 82.0 Å². The zero-order valence-corrected chi connectivity index (χ0v) is 19.3. The molecule has 3 aromatic rings. The fourth-order valence-corrected chi connectivity index (χ4v) is 3.58. The number of aryl methyl sites for hydroxylation is 1. The van der Waals surface area contributed by atoms with Gasteiger partial charge in [0, 0.05) is 12.1 Å². The van der Waals surface area contributed by atoms with Gasteiger partial charge in [-0.25, -0.2) is 31.1 Å². The van der Waals surface area contributed by atoms with Crippen LogP contribution in [0.15, 0.2) is 36.4 Å². The molecule has 3 rings (SSSR count). The Morgan fingerprint density at radius 1 is 0.684 bits per heavy atom. The van der Waals surface area contributed by atoms with Gasteiger partial charge in [0.25, 0.3) is 0 Å². The smallest absolute Gasteiger partial charge is 0.488 e. The summed E-state index contributed by atoms with van der Waals surface area (Å²) in [5.41, 5.74) is -4.67. The Balaban J connectivity index is 1.87. The quantitative estimate of drug-likeness (QED) is 0.245. The van der Waals surface area contributed by atoms with Crippen LogP contribution >= 0.6 is 0 Å². The van der Waals surface area contributed by atoms with Crippen LogP contribution in [0.5, 0.6) is 5.75 Å². The second-order valence-electron chi connectivity index (χ2n) is 8.07. The monoisotopic (exact) mass is 558 g/mol. The fraction of sp³-hybridized carbons (Fsp3) is 0.280. The van der Waals surface area contributed by atoms with Gasteiger partial charge in [0.15, 0.2) is 0 Å². The highest BCUT2D eigenvalue weighted by Gasteiger charge is 2.49. The van der Waals surface area contributed by atoms with Crippen molar-refractivity contribution in [3.63, 3.8) is 0 Å². The lowest BCUT2D eigenvalue weighted by atomic mass is 10.0. The Labute approximate surface area is 208 Å². The molecule has 0 aliphatic carbocycles. The molecule has 0 saturated heterocycles. The van der Waals surface area contributed by atoms with Crippen molar-refractivity contribution in [3.8, 4) is 16.9 Å². The molecule has 0 aromatic heterocycles. The highest BCUT2D eigenvalue weighted by molar-refractivity contribution is 5.66. The molecule has 206 valence electrons.